The quantitative estimate of drug-likeness (QED) is 0.838. The van der Waals surface area contributed by atoms with E-state index in [0.29, 0.717) is 17.5 Å². The number of nitrogens with one attached hydrogen (secondary N) is 1. The van der Waals surface area contributed by atoms with Gasteiger partial charge in [-0.1, -0.05) is 6.07 Å². The van der Waals surface area contributed by atoms with Gasteiger partial charge in [0.15, 0.2) is 11.5 Å². The van der Waals surface area contributed by atoms with Crippen LogP contribution in [0.4, 0.5) is 0 Å². The topological polar surface area (TPSA) is 39.7 Å². The molecule has 0 radical (unpaired) electrons. The summed E-state index contributed by atoms with van der Waals surface area (Å²) >= 11 is 1.98. The van der Waals surface area contributed by atoms with Gasteiger partial charge in [0.2, 0.25) is 5.75 Å². The molecule has 0 saturated heterocycles. The highest BCUT2D eigenvalue weighted by molar-refractivity contribution is 7.99. The Hall–Kier alpha value is -1.07. The third-order valence-corrected chi connectivity index (χ3v) is 5.18. The van der Waals surface area contributed by atoms with Crippen molar-refractivity contribution in [1.29, 1.82) is 0 Å². The van der Waals surface area contributed by atoms with E-state index in [0.717, 1.165) is 23.1 Å². The van der Waals surface area contributed by atoms with E-state index in [2.05, 4.69) is 11.6 Å². The van der Waals surface area contributed by atoms with E-state index in [9.17, 15) is 0 Å². The van der Waals surface area contributed by atoms with Crippen LogP contribution in [0.2, 0.25) is 0 Å². The van der Waals surface area contributed by atoms with Crippen LogP contribution in [-0.2, 0) is 6.54 Å². The molecule has 2 atom stereocenters. The van der Waals surface area contributed by atoms with Gasteiger partial charge in [-0.05, 0) is 31.6 Å². The van der Waals surface area contributed by atoms with Crippen LogP contribution in [0.1, 0.15) is 24.8 Å². The molecule has 0 heterocycles. The number of hydrogen-bond acceptors (Lipinski definition) is 5. The van der Waals surface area contributed by atoms with E-state index in [1.54, 1.807) is 21.3 Å². The zero-order valence-electron chi connectivity index (χ0n) is 13.3. The molecule has 2 rings (SSSR count). The maximum atomic E-state index is 5.52. The van der Waals surface area contributed by atoms with Gasteiger partial charge in [-0.3, -0.25) is 0 Å². The first-order chi connectivity index (χ1) is 10.2. The van der Waals surface area contributed by atoms with Gasteiger partial charge in [0.1, 0.15) is 0 Å². The molecule has 1 aliphatic carbocycles. The summed E-state index contributed by atoms with van der Waals surface area (Å²) < 4.78 is 16.3. The van der Waals surface area contributed by atoms with Crippen LogP contribution in [-0.4, -0.2) is 38.9 Å². The summed E-state index contributed by atoms with van der Waals surface area (Å²) in [5.74, 6) is 2.11. The van der Waals surface area contributed by atoms with Crippen molar-refractivity contribution in [3.05, 3.63) is 17.7 Å². The summed E-state index contributed by atoms with van der Waals surface area (Å²) in [6.45, 7) is 0.787. The molecular weight excluding hydrogens is 286 g/mol. The van der Waals surface area contributed by atoms with Gasteiger partial charge in [0.25, 0.3) is 0 Å². The number of rotatable bonds is 7. The second-order valence-electron chi connectivity index (χ2n) is 5.24. The van der Waals surface area contributed by atoms with Crippen LogP contribution >= 0.6 is 11.8 Å². The van der Waals surface area contributed by atoms with E-state index >= 15 is 0 Å². The lowest BCUT2D eigenvalue weighted by atomic mass is 10.1. The number of benzene rings is 1. The summed E-state index contributed by atoms with van der Waals surface area (Å²) in [5, 5.41) is 4.44. The molecule has 1 saturated carbocycles. The predicted molar refractivity (Wildman–Crippen MR) is 87.9 cm³/mol. The van der Waals surface area contributed by atoms with Gasteiger partial charge in [-0.25, -0.2) is 0 Å². The van der Waals surface area contributed by atoms with Crippen LogP contribution in [0.5, 0.6) is 17.2 Å². The molecule has 1 aliphatic rings. The third-order valence-electron chi connectivity index (χ3n) is 4.08. The second kappa shape index (κ2) is 7.80. The molecule has 0 aromatic heterocycles. The molecule has 0 amide bonds. The lowest BCUT2D eigenvalue weighted by Crippen LogP contribution is -2.26. The van der Waals surface area contributed by atoms with Crippen molar-refractivity contribution in [3.8, 4) is 17.2 Å². The van der Waals surface area contributed by atoms with Crippen molar-refractivity contribution in [3.63, 3.8) is 0 Å². The van der Waals surface area contributed by atoms with Gasteiger partial charge < -0.3 is 19.5 Å². The fourth-order valence-electron chi connectivity index (χ4n) is 2.90. The van der Waals surface area contributed by atoms with Crippen LogP contribution in [0.25, 0.3) is 0 Å². The smallest absolute Gasteiger partial charge is 0.203 e. The van der Waals surface area contributed by atoms with Gasteiger partial charge in [-0.15, -0.1) is 0 Å². The lowest BCUT2D eigenvalue weighted by Gasteiger charge is -2.18. The van der Waals surface area contributed by atoms with Crippen LogP contribution in [0, 0.1) is 0 Å². The molecule has 2 unspecified atom stereocenters. The minimum Gasteiger partial charge on any atom is -0.493 e. The molecule has 0 spiro atoms. The standard InChI is InChI=1S/C16H25NO3S/c1-18-14-8-5-11(15(19-2)16(14)20-3)10-17-12-6-7-13(9-12)21-4/h5,8,12-13,17H,6-7,9-10H2,1-4H3. The summed E-state index contributed by atoms with van der Waals surface area (Å²) in [5.41, 5.74) is 1.10. The largest absolute Gasteiger partial charge is 0.493 e. The Morgan fingerprint density at radius 2 is 1.86 bits per heavy atom. The number of methoxy groups -OCH3 is 3. The number of thioether (sulfide) groups is 1. The summed E-state index contributed by atoms with van der Waals surface area (Å²) in [4.78, 5) is 0. The summed E-state index contributed by atoms with van der Waals surface area (Å²) in [7, 11) is 4.94. The molecule has 118 valence electrons. The van der Waals surface area contributed by atoms with Crippen LogP contribution in [0.3, 0.4) is 0 Å². The van der Waals surface area contributed by atoms with Gasteiger partial charge in [0, 0.05) is 23.4 Å². The second-order valence-corrected chi connectivity index (χ2v) is 6.38. The molecule has 0 bridgehead atoms. The highest BCUT2D eigenvalue weighted by atomic mass is 32.2. The first kappa shape index (κ1) is 16.3. The zero-order valence-corrected chi connectivity index (χ0v) is 14.1. The number of ether oxygens (including phenoxy) is 3. The number of hydrogen-bond donors (Lipinski definition) is 1. The molecule has 4 nitrogen and oxygen atoms in total. The fourth-order valence-corrected chi connectivity index (χ4v) is 3.69. The monoisotopic (exact) mass is 311 g/mol. The molecule has 21 heavy (non-hydrogen) atoms. The third kappa shape index (κ3) is 3.77. The molecule has 1 aromatic rings. The highest BCUT2D eigenvalue weighted by Gasteiger charge is 2.24. The van der Waals surface area contributed by atoms with Gasteiger partial charge >= 0.3 is 0 Å². The van der Waals surface area contributed by atoms with Crippen molar-refractivity contribution in [2.45, 2.75) is 37.1 Å². The molecule has 0 aliphatic heterocycles. The van der Waals surface area contributed by atoms with E-state index in [4.69, 9.17) is 14.2 Å². The lowest BCUT2D eigenvalue weighted by molar-refractivity contribution is 0.321. The Morgan fingerprint density at radius 3 is 2.43 bits per heavy atom. The predicted octanol–water partition coefficient (Wildman–Crippen LogP) is 3.09. The average Bonchev–Trinajstić information content (AvgIpc) is 2.99. The maximum Gasteiger partial charge on any atom is 0.203 e. The van der Waals surface area contributed by atoms with Gasteiger partial charge in [0.05, 0.1) is 21.3 Å². The summed E-state index contributed by atoms with van der Waals surface area (Å²) in [6.07, 6.45) is 6.00. The summed E-state index contributed by atoms with van der Waals surface area (Å²) in [6, 6.07) is 4.56. The fraction of sp³-hybridized carbons (Fsp3) is 0.625. The molecular formula is C16H25NO3S. The normalized spacial score (nSPS) is 21.3. The van der Waals surface area contributed by atoms with Crippen LogP contribution in [0.15, 0.2) is 12.1 Å². The molecule has 1 aromatic carbocycles. The minimum absolute atomic E-state index is 0.597. The Morgan fingerprint density at radius 1 is 1.10 bits per heavy atom. The Labute approximate surface area is 131 Å². The van der Waals surface area contributed by atoms with Crippen molar-refractivity contribution >= 4 is 11.8 Å². The molecule has 1 N–H and O–H groups in total. The van der Waals surface area contributed by atoms with E-state index in [1.165, 1.54) is 19.3 Å². The van der Waals surface area contributed by atoms with Crippen molar-refractivity contribution < 1.29 is 14.2 Å². The highest BCUT2D eigenvalue weighted by Crippen LogP contribution is 2.39. The zero-order chi connectivity index (χ0) is 15.2. The molecule has 1 fully saturated rings. The van der Waals surface area contributed by atoms with E-state index < -0.39 is 0 Å². The van der Waals surface area contributed by atoms with E-state index in [1.807, 2.05) is 23.9 Å². The first-order valence-corrected chi connectivity index (χ1v) is 8.56. The first-order valence-electron chi connectivity index (χ1n) is 7.27. The van der Waals surface area contributed by atoms with Crippen molar-refractivity contribution in [1.82, 2.24) is 5.32 Å². The van der Waals surface area contributed by atoms with E-state index in [-0.39, 0.29) is 0 Å². The average molecular weight is 311 g/mol. The SMILES string of the molecule is COc1ccc(CNC2CCC(SC)C2)c(OC)c1OC. The van der Waals surface area contributed by atoms with Crippen molar-refractivity contribution in [2.75, 3.05) is 27.6 Å². The van der Waals surface area contributed by atoms with Gasteiger partial charge in [-0.2, -0.15) is 11.8 Å². The molecule has 5 heteroatoms. The Bertz CT molecular complexity index is 467. The Kier molecular flexibility index (Phi) is 6.06. The Balaban J connectivity index is 2.06. The van der Waals surface area contributed by atoms with Crippen molar-refractivity contribution in [2.24, 2.45) is 0 Å². The maximum absolute atomic E-state index is 5.52. The van der Waals surface area contributed by atoms with Crippen LogP contribution < -0.4 is 19.5 Å². The minimum atomic E-state index is 0.597.